The van der Waals surface area contributed by atoms with Gasteiger partial charge in [-0.2, -0.15) is 25.3 Å². The minimum absolute atomic E-state index is 0.0686. The van der Waals surface area contributed by atoms with E-state index in [-0.39, 0.29) is 11.2 Å². The van der Waals surface area contributed by atoms with Gasteiger partial charge in [0.2, 0.25) is 6.41 Å². The molecule has 1 N–H and O–H groups in total. The summed E-state index contributed by atoms with van der Waals surface area (Å²) in [6, 6.07) is 0. The van der Waals surface area contributed by atoms with E-state index in [1.54, 1.807) is 4.90 Å². The topological polar surface area (TPSA) is 43.8 Å². The van der Waals surface area contributed by atoms with Crippen molar-refractivity contribution in [3.05, 3.63) is 11.3 Å². The van der Waals surface area contributed by atoms with Crippen LogP contribution in [0.25, 0.3) is 0 Å². The van der Waals surface area contributed by atoms with Gasteiger partial charge in [-0.3, -0.25) is 4.79 Å². The van der Waals surface area contributed by atoms with Crippen LogP contribution in [-0.4, -0.2) is 59.7 Å². The number of amides is 1. The van der Waals surface area contributed by atoms with Gasteiger partial charge in [0.25, 0.3) is 0 Å². The van der Waals surface area contributed by atoms with Crippen molar-refractivity contribution in [1.29, 1.82) is 0 Å². The zero-order valence-corrected chi connectivity index (χ0v) is 15.4. The summed E-state index contributed by atoms with van der Waals surface area (Å²) in [5.74, 6) is 0.306. The fourth-order valence-electron chi connectivity index (χ4n) is 2.27. The highest BCUT2D eigenvalue weighted by atomic mass is 32.2. The standard InChI is InChI=1S/C15H30N2O2S2/c1-12(5-6-15(20)21)14(7-10-18)13(2)17(11-19)9-8-16(3)4/h11-12,15,18,20-21H,5-10H2,1-4H3. The van der Waals surface area contributed by atoms with E-state index in [0.717, 1.165) is 37.1 Å². The molecule has 0 saturated heterocycles. The molecule has 0 aromatic rings. The quantitative estimate of drug-likeness (QED) is 0.308. The Kier molecular flexibility index (Phi) is 11.3. The number of carbonyl (C=O) groups excluding carboxylic acids is 1. The van der Waals surface area contributed by atoms with Crippen LogP contribution in [0, 0.1) is 5.92 Å². The first-order valence-electron chi connectivity index (χ1n) is 7.36. The molecule has 21 heavy (non-hydrogen) atoms. The molecular weight excluding hydrogens is 304 g/mol. The summed E-state index contributed by atoms with van der Waals surface area (Å²) in [4.78, 5) is 15.1. The van der Waals surface area contributed by atoms with Gasteiger partial charge in [-0.15, -0.1) is 0 Å². The first-order chi connectivity index (χ1) is 9.83. The Morgan fingerprint density at radius 1 is 1.24 bits per heavy atom. The number of hydrogen-bond acceptors (Lipinski definition) is 5. The van der Waals surface area contributed by atoms with Crippen LogP contribution in [0.4, 0.5) is 0 Å². The van der Waals surface area contributed by atoms with Gasteiger partial charge in [0.15, 0.2) is 0 Å². The molecule has 0 aromatic carbocycles. The van der Waals surface area contributed by atoms with Gasteiger partial charge in [0, 0.05) is 30.0 Å². The van der Waals surface area contributed by atoms with Crippen LogP contribution >= 0.6 is 25.3 Å². The number of allylic oxidation sites excluding steroid dienone is 1. The molecule has 1 amide bonds. The number of aliphatic hydroxyl groups excluding tert-OH is 1. The third-order valence-corrected chi connectivity index (χ3v) is 4.16. The van der Waals surface area contributed by atoms with E-state index < -0.39 is 0 Å². The molecule has 0 spiro atoms. The molecule has 0 bridgehead atoms. The van der Waals surface area contributed by atoms with Gasteiger partial charge >= 0.3 is 0 Å². The summed E-state index contributed by atoms with van der Waals surface area (Å²) in [7, 11) is 3.97. The molecule has 0 aliphatic rings. The van der Waals surface area contributed by atoms with E-state index in [4.69, 9.17) is 0 Å². The van der Waals surface area contributed by atoms with Gasteiger partial charge in [-0.25, -0.2) is 0 Å². The number of nitrogens with zero attached hydrogens (tertiary/aromatic N) is 2. The maximum atomic E-state index is 11.3. The SMILES string of the molecule is CC(=C(CCO)C(C)CCC(S)S)N(C=O)CCN(C)C. The first-order valence-corrected chi connectivity index (χ1v) is 8.40. The van der Waals surface area contributed by atoms with Crippen molar-refractivity contribution in [2.45, 2.75) is 37.7 Å². The molecule has 0 aromatic heterocycles. The summed E-state index contributed by atoms with van der Waals surface area (Å²) in [5.41, 5.74) is 2.11. The monoisotopic (exact) mass is 334 g/mol. The third kappa shape index (κ3) is 8.76. The van der Waals surface area contributed by atoms with E-state index in [1.807, 2.05) is 25.9 Å². The highest BCUT2D eigenvalue weighted by Gasteiger charge is 2.16. The Balaban J connectivity index is 5.00. The molecule has 0 aliphatic heterocycles. The number of likely N-dealkylation sites (N-methyl/N-ethyl adjacent to an activating group) is 1. The van der Waals surface area contributed by atoms with Gasteiger partial charge in [-0.1, -0.05) is 6.92 Å². The van der Waals surface area contributed by atoms with Crippen LogP contribution in [0.5, 0.6) is 0 Å². The largest absolute Gasteiger partial charge is 0.396 e. The van der Waals surface area contributed by atoms with Crippen LogP contribution in [0.3, 0.4) is 0 Å². The Bertz CT molecular complexity index is 334. The second kappa shape index (κ2) is 11.4. The molecule has 0 rings (SSSR count). The molecule has 0 radical (unpaired) electrons. The minimum Gasteiger partial charge on any atom is -0.396 e. The van der Waals surface area contributed by atoms with Crippen molar-refractivity contribution in [1.82, 2.24) is 9.80 Å². The Hall–Kier alpha value is -0.170. The van der Waals surface area contributed by atoms with Crippen molar-refractivity contribution in [3.63, 3.8) is 0 Å². The van der Waals surface area contributed by atoms with Crippen LogP contribution in [0.2, 0.25) is 0 Å². The molecule has 4 nitrogen and oxygen atoms in total. The van der Waals surface area contributed by atoms with Gasteiger partial charge < -0.3 is 14.9 Å². The van der Waals surface area contributed by atoms with Crippen LogP contribution < -0.4 is 0 Å². The molecule has 0 heterocycles. The van der Waals surface area contributed by atoms with E-state index >= 15 is 0 Å². The van der Waals surface area contributed by atoms with Crippen molar-refractivity contribution in [2.75, 3.05) is 33.8 Å². The van der Waals surface area contributed by atoms with Gasteiger partial charge in [-0.05, 0) is 51.8 Å². The van der Waals surface area contributed by atoms with Crippen LogP contribution in [-0.2, 0) is 4.79 Å². The summed E-state index contributed by atoms with van der Waals surface area (Å²) in [6.07, 6.45) is 3.32. The molecule has 124 valence electrons. The van der Waals surface area contributed by atoms with Crippen molar-refractivity contribution in [3.8, 4) is 0 Å². The van der Waals surface area contributed by atoms with Crippen molar-refractivity contribution >= 4 is 31.7 Å². The number of thiol groups is 2. The molecular formula is C15H30N2O2S2. The van der Waals surface area contributed by atoms with Crippen LogP contribution in [0.1, 0.15) is 33.1 Å². The smallest absolute Gasteiger partial charge is 0.213 e. The fourth-order valence-corrected chi connectivity index (χ4v) is 2.57. The first kappa shape index (κ1) is 20.8. The fraction of sp³-hybridized carbons (Fsp3) is 0.800. The minimum atomic E-state index is 0.0686. The average molecular weight is 335 g/mol. The Morgan fingerprint density at radius 3 is 2.29 bits per heavy atom. The zero-order valence-electron chi connectivity index (χ0n) is 13.6. The van der Waals surface area contributed by atoms with E-state index in [2.05, 4.69) is 32.2 Å². The third-order valence-electron chi connectivity index (χ3n) is 3.64. The van der Waals surface area contributed by atoms with E-state index in [9.17, 15) is 9.90 Å². The van der Waals surface area contributed by atoms with Gasteiger partial charge in [0.1, 0.15) is 0 Å². The zero-order chi connectivity index (χ0) is 16.4. The lowest BCUT2D eigenvalue weighted by molar-refractivity contribution is -0.116. The van der Waals surface area contributed by atoms with Crippen molar-refractivity contribution < 1.29 is 9.90 Å². The lowest BCUT2D eigenvalue weighted by Gasteiger charge is -2.26. The average Bonchev–Trinajstić information content (AvgIpc) is 2.42. The highest BCUT2D eigenvalue weighted by molar-refractivity contribution is 7.99. The second-order valence-corrected chi connectivity index (χ2v) is 7.30. The number of hydrogen-bond donors (Lipinski definition) is 3. The highest BCUT2D eigenvalue weighted by Crippen LogP contribution is 2.26. The number of aliphatic hydroxyl groups is 1. The molecule has 0 saturated carbocycles. The maximum absolute atomic E-state index is 11.3. The second-order valence-electron chi connectivity index (χ2n) is 5.65. The molecule has 6 heteroatoms. The lowest BCUT2D eigenvalue weighted by Crippen LogP contribution is -2.31. The predicted octanol–water partition coefficient (Wildman–Crippen LogP) is 2.26. The van der Waals surface area contributed by atoms with Gasteiger partial charge in [0.05, 0.1) is 0 Å². The molecule has 0 fully saturated rings. The summed E-state index contributed by atoms with van der Waals surface area (Å²) < 4.78 is 0.0686. The van der Waals surface area contributed by atoms with E-state index in [1.165, 1.54) is 0 Å². The summed E-state index contributed by atoms with van der Waals surface area (Å²) in [5, 5.41) is 9.31. The Morgan fingerprint density at radius 2 is 1.86 bits per heavy atom. The van der Waals surface area contributed by atoms with E-state index in [0.29, 0.717) is 18.9 Å². The number of carbonyl (C=O) groups is 1. The molecule has 0 aliphatic carbocycles. The maximum Gasteiger partial charge on any atom is 0.213 e. The van der Waals surface area contributed by atoms with Crippen LogP contribution in [0.15, 0.2) is 11.3 Å². The predicted molar refractivity (Wildman–Crippen MR) is 95.9 cm³/mol. The number of rotatable bonds is 11. The normalized spacial score (nSPS) is 14.3. The Labute approximate surface area is 140 Å². The molecule has 1 atom stereocenters. The summed E-state index contributed by atoms with van der Waals surface area (Å²) >= 11 is 8.57. The lowest BCUT2D eigenvalue weighted by atomic mass is 9.92. The summed E-state index contributed by atoms with van der Waals surface area (Å²) in [6.45, 7) is 5.66. The molecule has 1 unspecified atom stereocenters. The van der Waals surface area contributed by atoms with Crippen molar-refractivity contribution in [2.24, 2.45) is 5.92 Å².